The average molecular weight is 470 g/mol. The van der Waals surface area contributed by atoms with E-state index in [0.29, 0.717) is 31.2 Å². The highest BCUT2D eigenvalue weighted by Gasteiger charge is 2.26. The Balaban J connectivity index is 1.25. The molecule has 0 unspecified atom stereocenters. The van der Waals surface area contributed by atoms with Crippen molar-refractivity contribution in [3.8, 4) is 0 Å². The number of amides is 1. The van der Waals surface area contributed by atoms with Gasteiger partial charge in [0.25, 0.3) is 5.91 Å². The van der Waals surface area contributed by atoms with Gasteiger partial charge in [-0.25, -0.2) is 4.98 Å². The molecule has 4 rings (SSSR count). The Morgan fingerprint density at radius 2 is 1.71 bits per heavy atom. The number of oxazole rings is 1. The van der Waals surface area contributed by atoms with Gasteiger partial charge < -0.3 is 19.3 Å². The van der Waals surface area contributed by atoms with Gasteiger partial charge in [0.2, 0.25) is 5.89 Å². The molecule has 1 atom stereocenters. The third-order valence-electron chi connectivity index (χ3n) is 7.09. The first-order valence-corrected chi connectivity index (χ1v) is 12.6. The van der Waals surface area contributed by atoms with Crippen LogP contribution in [-0.2, 0) is 13.0 Å². The molecule has 1 amide bonds. The Kier molecular flexibility index (Phi) is 8.24. The van der Waals surface area contributed by atoms with E-state index in [0.717, 1.165) is 52.2 Å². The maximum absolute atomic E-state index is 13.0. The van der Waals surface area contributed by atoms with Crippen LogP contribution in [-0.4, -0.2) is 95.7 Å². The number of anilines is 1. The fourth-order valence-electron chi connectivity index (χ4n) is 4.71. The van der Waals surface area contributed by atoms with Crippen LogP contribution in [0.4, 0.5) is 5.69 Å². The summed E-state index contributed by atoms with van der Waals surface area (Å²) in [4.78, 5) is 26.4. The fraction of sp³-hybridized carbons (Fsp3) is 0.615. The Bertz CT molecular complexity index is 930. The molecule has 0 spiro atoms. The summed E-state index contributed by atoms with van der Waals surface area (Å²) in [7, 11) is 0. The molecule has 186 valence electrons. The molecule has 1 aromatic carbocycles. The number of hydrogen-bond acceptors (Lipinski definition) is 7. The number of aliphatic hydroxyl groups excluding tert-OH is 1. The number of piperazine rings is 2. The summed E-state index contributed by atoms with van der Waals surface area (Å²) < 4.78 is 5.66. The summed E-state index contributed by atoms with van der Waals surface area (Å²) in [6, 6.07) is 8.52. The van der Waals surface area contributed by atoms with Crippen molar-refractivity contribution in [2.75, 3.05) is 63.8 Å². The molecule has 1 N–H and O–H groups in total. The molecule has 2 aliphatic heterocycles. The lowest BCUT2D eigenvalue weighted by Crippen LogP contribution is -2.49. The van der Waals surface area contributed by atoms with E-state index < -0.39 is 0 Å². The maximum Gasteiger partial charge on any atom is 0.275 e. The largest absolute Gasteiger partial charge is 0.447 e. The van der Waals surface area contributed by atoms with E-state index in [2.05, 4.69) is 50.9 Å². The van der Waals surface area contributed by atoms with E-state index in [-0.39, 0.29) is 17.9 Å². The molecule has 1 aromatic heterocycles. The van der Waals surface area contributed by atoms with Crippen molar-refractivity contribution < 1.29 is 14.3 Å². The minimum absolute atomic E-state index is 0.0501. The molecule has 0 aliphatic carbocycles. The van der Waals surface area contributed by atoms with E-state index in [1.54, 1.807) is 0 Å². The lowest BCUT2D eigenvalue weighted by Gasteiger charge is -2.36. The Labute approximate surface area is 203 Å². The molecule has 0 saturated carbocycles. The molecule has 0 radical (unpaired) electrons. The van der Waals surface area contributed by atoms with Crippen molar-refractivity contribution in [2.45, 2.75) is 39.8 Å². The second kappa shape index (κ2) is 11.3. The van der Waals surface area contributed by atoms with Crippen molar-refractivity contribution >= 4 is 11.6 Å². The standard InChI is InChI=1S/C26H39N5O3/c1-4-21-7-5-6-8-23(21)30-13-15-31(16-14-30)26(33)22-19-34-25(27-22)18-29-11-9-28(10-12-29)17-24(32)20(2)3/h5-8,19-20,24,32H,4,9-18H2,1-3H3/t24-/m1/s1. The number of aromatic nitrogens is 1. The van der Waals surface area contributed by atoms with Gasteiger partial charge in [0.1, 0.15) is 6.26 Å². The highest BCUT2D eigenvalue weighted by Crippen LogP contribution is 2.23. The number of rotatable bonds is 8. The molecule has 8 nitrogen and oxygen atoms in total. The maximum atomic E-state index is 13.0. The summed E-state index contributed by atoms with van der Waals surface area (Å²) in [6.45, 7) is 14.3. The quantitative estimate of drug-likeness (QED) is 0.636. The van der Waals surface area contributed by atoms with Gasteiger partial charge in [-0.05, 0) is 24.0 Å². The predicted octanol–water partition coefficient (Wildman–Crippen LogP) is 2.33. The molecule has 34 heavy (non-hydrogen) atoms. The van der Waals surface area contributed by atoms with Crippen LogP contribution in [0.2, 0.25) is 0 Å². The van der Waals surface area contributed by atoms with Crippen LogP contribution in [0.1, 0.15) is 42.7 Å². The van der Waals surface area contributed by atoms with Gasteiger partial charge in [-0.15, -0.1) is 0 Å². The lowest BCUT2D eigenvalue weighted by atomic mass is 10.1. The van der Waals surface area contributed by atoms with Crippen LogP contribution >= 0.6 is 0 Å². The number of aliphatic hydroxyl groups is 1. The number of benzene rings is 1. The topological polar surface area (TPSA) is 76.3 Å². The van der Waals surface area contributed by atoms with Crippen LogP contribution in [0.15, 0.2) is 34.9 Å². The smallest absolute Gasteiger partial charge is 0.275 e. The van der Waals surface area contributed by atoms with Gasteiger partial charge in [0.15, 0.2) is 5.69 Å². The molecular weight excluding hydrogens is 430 g/mol. The number of aryl methyl sites for hydroxylation is 1. The Morgan fingerprint density at radius 1 is 1.03 bits per heavy atom. The minimum atomic E-state index is -0.282. The third-order valence-corrected chi connectivity index (χ3v) is 7.09. The number of nitrogens with zero attached hydrogens (tertiary/aromatic N) is 5. The first kappa shape index (κ1) is 24.7. The summed E-state index contributed by atoms with van der Waals surface area (Å²) in [5.74, 6) is 0.817. The summed E-state index contributed by atoms with van der Waals surface area (Å²) in [5.41, 5.74) is 3.02. The van der Waals surface area contributed by atoms with Crippen LogP contribution < -0.4 is 4.90 Å². The van der Waals surface area contributed by atoms with Crippen LogP contribution in [0.25, 0.3) is 0 Å². The van der Waals surface area contributed by atoms with Gasteiger partial charge in [-0.1, -0.05) is 39.0 Å². The first-order valence-electron chi connectivity index (χ1n) is 12.6. The van der Waals surface area contributed by atoms with Crippen molar-refractivity contribution in [3.63, 3.8) is 0 Å². The summed E-state index contributed by atoms with van der Waals surface area (Å²) >= 11 is 0. The Hall–Kier alpha value is -2.42. The van der Waals surface area contributed by atoms with Gasteiger partial charge in [0.05, 0.1) is 12.6 Å². The van der Waals surface area contributed by atoms with Gasteiger partial charge in [0, 0.05) is 64.6 Å². The zero-order chi connectivity index (χ0) is 24.1. The molecule has 2 saturated heterocycles. The zero-order valence-corrected chi connectivity index (χ0v) is 20.8. The van der Waals surface area contributed by atoms with Gasteiger partial charge in [-0.3, -0.25) is 14.6 Å². The first-order chi connectivity index (χ1) is 16.4. The molecule has 8 heteroatoms. The van der Waals surface area contributed by atoms with E-state index in [1.807, 2.05) is 18.7 Å². The number of carbonyl (C=O) groups excluding carboxylic acids is 1. The number of β-amino-alcohol motifs (C(OH)–C–C–N with tert-alkyl or cyclic N) is 1. The lowest BCUT2D eigenvalue weighted by molar-refractivity contribution is 0.0463. The van der Waals surface area contributed by atoms with Crippen molar-refractivity contribution in [1.29, 1.82) is 0 Å². The second-order valence-electron chi connectivity index (χ2n) is 9.78. The van der Waals surface area contributed by atoms with Gasteiger partial charge >= 0.3 is 0 Å². The third kappa shape index (κ3) is 5.98. The summed E-state index contributed by atoms with van der Waals surface area (Å²) in [6.07, 6.45) is 2.23. The molecule has 2 fully saturated rings. The highest BCUT2D eigenvalue weighted by atomic mass is 16.3. The average Bonchev–Trinajstić information content (AvgIpc) is 3.33. The van der Waals surface area contributed by atoms with E-state index in [1.165, 1.54) is 17.5 Å². The second-order valence-corrected chi connectivity index (χ2v) is 9.78. The van der Waals surface area contributed by atoms with E-state index >= 15 is 0 Å². The van der Waals surface area contributed by atoms with Crippen LogP contribution in [0, 0.1) is 5.92 Å². The van der Waals surface area contributed by atoms with Crippen molar-refractivity contribution in [3.05, 3.63) is 47.7 Å². The molecule has 3 heterocycles. The normalized spacial score (nSPS) is 19.1. The fourth-order valence-corrected chi connectivity index (χ4v) is 4.71. The molecule has 2 aromatic rings. The predicted molar refractivity (Wildman–Crippen MR) is 133 cm³/mol. The van der Waals surface area contributed by atoms with Crippen LogP contribution in [0.3, 0.4) is 0 Å². The van der Waals surface area contributed by atoms with Crippen LogP contribution in [0.5, 0.6) is 0 Å². The minimum Gasteiger partial charge on any atom is -0.447 e. The Morgan fingerprint density at radius 3 is 2.38 bits per heavy atom. The van der Waals surface area contributed by atoms with Gasteiger partial charge in [-0.2, -0.15) is 0 Å². The molecule has 2 aliphatic rings. The number of hydrogen-bond donors (Lipinski definition) is 1. The monoisotopic (exact) mass is 469 g/mol. The number of carbonyl (C=O) groups is 1. The summed E-state index contributed by atoms with van der Waals surface area (Å²) in [5, 5.41) is 10.1. The SMILES string of the molecule is CCc1ccccc1N1CCN(C(=O)c2coc(CN3CCN(C[C@@H](O)C(C)C)CC3)n2)CC1. The molecular formula is C26H39N5O3. The van der Waals surface area contributed by atoms with E-state index in [9.17, 15) is 9.90 Å². The van der Waals surface area contributed by atoms with E-state index in [4.69, 9.17) is 4.42 Å². The zero-order valence-electron chi connectivity index (χ0n) is 20.8. The number of para-hydroxylation sites is 1. The highest BCUT2D eigenvalue weighted by molar-refractivity contribution is 5.92. The van der Waals surface area contributed by atoms with Crippen molar-refractivity contribution in [2.24, 2.45) is 5.92 Å². The van der Waals surface area contributed by atoms with Crippen molar-refractivity contribution in [1.82, 2.24) is 19.7 Å². The molecule has 0 bridgehead atoms.